The Kier molecular flexibility index (Phi) is 5.22. The maximum atomic E-state index is 4.54. The second kappa shape index (κ2) is 7.34. The summed E-state index contributed by atoms with van der Waals surface area (Å²) in [4.78, 5) is 4.54. The number of hydrogen-bond donors (Lipinski definition) is 1. The minimum absolute atomic E-state index is 0.780. The molecule has 0 atom stereocenters. The fraction of sp³-hybridized carbons (Fsp3) is 0. The van der Waals surface area contributed by atoms with E-state index in [0.717, 1.165) is 26.4 Å². The van der Waals surface area contributed by atoms with E-state index in [1.165, 1.54) is 3.57 Å². The van der Waals surface area contributed by atoms with Gasteiger partial charge < -0.3 is 0 Å². The average Bonchev–Trinajstić information content (AvgIpc) is 2.99. The highest BCUT2D eigenvalue weighted by molar-refractivity contribution is 14.1. The molecular formula is C16H11BrIN3S. The van der Waals surface area contributed by atoms with E-state index in [9.17, 15) is 0 Å². The molecule has 0 aliphatic rings. The summed E-state index contributed by atoms with van der Waals surface area (Å²) in [5.74, 6) is 0. The number of rotatable bonds is 4. The van der Waals surface area contributed by atoms with Gasteiger partial charge in [-0.1, -0.05) is 40.2 Å². The van der Waals surface area contributed by atoms with E-state index >= 15 is 0 Å². The van der Waals surface area contributed by atoms with E-state index in [-0.39, 0.29) is 0 Å². The number of thiazole rings is 1. The molecule has 0 spiro atoms. The van der Waals surface area contributed by atoms with Crippen molar-refractivity contribution in [3.8, 4) is 11.3 Å². The molecule has 110 valence electrons. The second-order valence-corrected chi connectivity index (χ2v) is 7.49. The van der Waals surface area contributed by atoms with E-state index in [4.69, 9.17) is 0 Å². The van der Waals surface area contributed by atoms with Crippen LogP contribution >= 0.6 is 49.9 Å². The van der Waals surface area contributed by atoms with Crippen LogP contribution in [0.3, 0.4) is 0 Å². The molecule has 0 aliphatic heterocycles. The molecule has 3 rings (SSSR count). The van der Waals surface area contributed by atoms with E-state index in [1.54, 1.807) is 17.6 Å². The molecule has 0 amide bonds. The van der Waals surface area contributed by atoms with Gasteiger partial charge in [0.05, 0.1) is 11.9 Å². The van der Waals surface area contributed by atoms with Crippen molar-refractivity contribution in [2.75, 3.05) is 5.43 Å². The van der Waals surface area contributed by atoms with Gasteiger partial charge in [0.25, 0.3) is 0 Å². The van der Waals surface area contributed by atoms with Crippen LogP contribution in [0.1, 0.15) is 5.56 Å². The van der Waals surface area contributed by atoms with Crippen molar-refractivity contribution in [1.29, 1.82) is 0 Å². The molecule has 0 saturated carbocycles. The van der Waals surface area contributed by atoms with Gasteiger partial charge in [-0.25, -0.2) is 4.98 Å². The van der Waals surface area contributed by atoms with Crippen LogP contribution in [0, 0.1) is 3.57 Å². The van der Waals surface area contributed by atoms with Gasteiger partial charge in [-0.2, -0.15) is 5.10 Å². The lowest BCUT2D eigenvalue weighted by atomic mass is 10.2. The van der Waals surface area contributed by atoms with Crippen LogP contribution in [-0.4, -0.2) is 11.2 Å². The lowest BCUT2D eigenvalue weighted by molar-refractivity contribution is 1.29. The Balaban J connectivity index is 1.66. The van der Waals surface area contributed by atoms with Gasteiger partial charge in [-0.3, -0.25) is 5.43 Å². The molecule has 3 nitrogen and oxygen atoms in total. The lowest BCUT2D eigenvalue weighted by Gasteiger charge is -1.97. The van der Waals surface area contributed by atoms with Crippen molar-refractivity contribution in [3.05, 3.63) is 67.5 Å². The van der Waals surface area contributed by atoms with Gasteiger partial charge in [0.1, 0.15) is 0 Å². The standard InChI is InChI=1S/C16H11BrIN3S/c17-13-5-1-11(2-6-13)9-19-21-16-20-15(10-22-16)12-3-7-14(18)8-4-12/h1-10H,(H,20,21)/b19-9-. The Morgan fingerprint density at radius 3 is 2.55 bits per heavy atom. The van der Waals surface area contributed by atoms with E-state index in [0.29, 0.717) is 0 Å². The third-order valence-corrected chi connectivity index (χ3v) is 4.88. The smallest absolute Gasteiger partial charge is 0.203 e. The molecule has 2 aromatic carbocycles. The van der Waals surface area contributed by atoms with Crippen LogP contribution in [0.2, 0.25) is 0 Å². The number of hydrogen-bond acceptors (Lipinski definition) is 4. The minimum Gasteiger partial charge on any atom is -0.253 e. The molecule has 0 aliphatic carbocycles. The predicted molar refractivity (Wildman–Crippen MR) is 106 cm³/mol. The topological polar surface area (TPSA) is 37.3 Å². The van der Waals surface area contributed by atoms with Crippen LogP contribution < -0.4 is 5.43 Å². The Morgan fingerprint density at radius 2 is 1.82 bits per heavy atom. The third kappa shape index (κ3) is 4.15. The van der Waals surface area contributed by atoms with E-state index in [1.807, 2.05) is 29.6 Å². The maximum absolute atomic E-state index is 4.54. The summed E-state index contributed by atoms with van der Waals surface area (Å²) < 4.78 is 2.27. The maximum Gasteiger partial charge on any atom is 0.203 e. The second-order valence-electron chi connectivity index (χ2n) is 4.47. The number of aromatic nitrogens is 1. The summed E-state index contributed by atoms with van der Waals surface area (Å²) in [6.07, 6.45) is 1.78. The van der Waals surface area contributed by atoms with Gasteiger partial charge in [0, 0.05) is 19.0 Å². The summed E-state index contributed by atoms with van der Waals surface area (Å²) >= 11 is 7.25. The first-order valence-corrected chi connectivity index (χ1v) is 9.22. The summed E-state index contributed by atoms with van der Waals surface area (Å²) in [5, 5.41) is 7.03. The van der Waals surface area contributed by atoms with Crippen LogP contribution in [0.5, 0.6) is 0 Å². The summed E-state index contributed by atoms with van der Waals surface area (Å²) in [5.41, 5.74) is 6.08. The molecule has 6 heteroatoms. The van der Waals surface area contributed by atoms with Crippen molar-refractivity contribution in [2.45, 2.75) is 0 Å². The largest absolute Gasteiger partial charge is 0.253 e. The monoisotopic (exact) mass is 483 g/mol. The Bertz CT molecular complexity index is 782. The molecule has 0 unspecified atom stereocenters. The molecule has 0 radical (unpaired) electrons. The highest BCUT2D eigenvalue weighted by Crippen LogP contribution is 2.25. The minimum atomic E-state index is 0.780. The van der Waals surface area contributed by atoms with Gasteiger partial charge in [0.15, 0.2) is 0 Å². The van der Waals surface area contributed by atoms with E-state index in [2.05, 4.69) is 78.3 Å². The normalized spacial score (nSPS) is 11.0. The molecule has 3 aromatic rings. The molecule has 0 fully saturated rings. The van der Waals surface area contributed by atoms with E-state index < -0.39 is 0 Å². The number of hydrazone groups is 1. The molecule has 1 aromatic heterocycles. The lowest BCUT2D eigenvalue weighted by Crippen LogP contribution is -1.90. The molecule has 22 heavy (non-hydrogen) atoms. The average molecular weight is 484 g/mol. The molecule has 0 bridgehead atoms. The SMILES string of the molecule is Brc1ccc(/C=N\Nc2nc(-c3ccc(I)cc3)cs2)cc1. The highest BCUT2D eigenvalue weighted by atomic mass is 127. The third-order valence-electron chi connectivity index (χ3n) is 2.89. The quantitative estimate of drug-likeness (QED) is 0.297. The van der Waals surface area contributed by atoms with Crippen molar-refractivity contribution in [2.24, 2.45) is 5.10 Å². The van der Waals surface area contributed by atoms with Crippen molar-refractivity contribution in [1.82, 2.24) is 4.98 Å². The Morgan fingerprint density at radius 1 is 1.09 bits per heavy atom. The van der Waals surface area contributed by atoms with Gasteiger partial charge in [0.2, 0.25) is 5.13 Å². The molecule has 0 saturated heterocycles. The first-order chi connectivity index (χ1) is 10.7. The predicted octanol–water partition coefficient (Wildman–Crippen LogP) is 5.62. The zero-order valence-corrected chi connectivity index (χ0v) is 15.9. The van der Waals surface area contributed by atoms with Crippen LogP contribution in [-0.2, 0) is 0 Å². The number of halogens is 2. The van der Waals surface area contributed by atoms with Gasteiger partial charge in [-0.05, 0) is 52.4 Å². The molecular weight excluding hydrogens is 473 g/mol. The number of nitrogens with zero attached hydrogens (tertiary/aromatic N) is 2. The molecule has 1 heterocycles. The number of anilines is 1. The number of nitrogens with one attached hydrogen (secondary N) is 1. The van der Waals surface area contributed by atoms with Gasteiger partial charge in [-0.15, -0.1) is 11.3 Å². The highest BCUT2D eigenvalue weighted by Gasteiger charge is 2.03. The van der Waals surface area contributed by atoms with Crippen LogP contribution in [0.25, 0.3) is 11.3 Å². The fourth-order valence-electron chi connectivity index (χ4n) is 1.79. The van der Waals surface area contributed by atoms with Crippen LogP contribution in [0.15, 0.2) is 63.5 Å². The zero-order chi connectivity index (χ0) is 15.4. The van der Waals surface area contributed by atoms with Crippen molar-refractivity contribution >= 4 is 61.2 Å². The Labute approximate surface area is 154 Å². The van der Waals surface area contributed by atoms with Gasteiger partial charge >= 0.3 is 0 Å². The summed E-state index contributed by atoms with van der Waals surface area (Å²) in [7, 11) is 0. The Hall–Kier alpha value is -1.25. The molecule has 1 N–H and O–H groups in total. The van der Waals surface area contributed by atoms with Crippen LogP contribution in [0.4, 0.5) is 5.13 Å². The zero-order valence-electron chi connectivity index (χ0n) is 11.3. The first-order valence-electron chi connectivity index (χ1n) is 6.47. The van der Waals surface area contributed by atoms with Crippen molar-refractivity contribution < 1.29 is 0 Å². The first kappa shape index (κ1) is 15.6. The fourth-order valence-corrected chi connectivity index (χ4v) is 3.08. The van der Waals surface area contributed by atoms with Crippen molar-refractivity contribution in [3.63, 3.8) is 0 Å². The summed E-state index contributed by atoms with van der Waals surface area (Å²) in [6, 6.07) is 16.3. The number of benzene rings is 2. The summed E-state index contributed by atoms with van der Waals surface area (Å²) in [6.45, 7) is 0.